The minimum atomic E-state index is -4.26. The molecule has 0 aliphatic carbocycles. The summed E-state index contributed by atoms with van der Waals surface area (Å²) in [5, 5.41) is 1.73. The Labute approximate surface area is 102 Å². The van der Waals surface area contributed by atoms with Gasteiger partial charge in [-0.05, 0) is 23.2 Å². The molecule has 92 valence electrons. The summed E-state index contributed by atoms with van der Waals surface area (Å²) >= 11 is 1.10. The number of aryl methyl sites for hydroxylation is 1. The van der Waals surface area contributed by atoms with Crippen LogP contribution in [-0.4, -0.2) is 20.8 Å². The fraction of sp³-hybridized carbons (Fsp3) is 0.333. The average Bonchev–Trinajstić information content (AvgIpc) is 2.68. The molecule has 0 aliphatic rings. The van der Waals surface area contributed by atoms with E-state index in [2.05, 4.69) is 4.98 Å². The molecule has 17 heavy (non-hydrogen) atoms. The molecule has 0 spiro atoms. The normalized spacial score (nSPS) is 12.2. The maximum atomic E-state index is 11.9. The number of rotatable bonds is 3. The maximum absolute atomic E-state index is 11.9. The number of aromatic nitrogens is 2. The molecule has 8 heteroatoms. The first-order valence-electron chi connectivity index (χ1n) is 4.61. The van der Waals surface area contributed by atoms with Crippen LogP contribution < -0.4 is 5.56 Å². The minimum Gasteiger partial charge on any atom is -0.297 e. The Hall–Kier alpha value is -1.02. The molecular formula is C9H7F3N2OS2. The van der Waals surface area contributed by atoms with Gasteiger partial charge in [0.05, 0.1) is 11.8 Å². The first-order chi connectivity index (χ1) is 7.97. The predicted molar refractivity (Wildman–Crippen MR) is 62.4 cm³/mol. The molecule has 2 heterocycles. The van der Waals surface area contributed by atoms with Gasteiger partial charge in [-0.3, -0.25) is 9.36 Å². The molecule has 0 atom stereocenters. The third-order valence-electron chi connectivity index (χ3n) is 2.03. The zero-order chi connectivity index (χ0) is 12.5. The molecule has 0 radical (unpaired) electrons. The third kappa shape index (κ3) is 3.01. The van der Waals surface area contributed by atoms with Crippen LogP contribution >= 0.6 is 23.1 Å². The number of alkyl halides is 3. The van der Waals surface area contributed by atoms with Crippen LogP contribution in [0.2, 0.25) is 0 Å². The molecule has 0 bridgehead atoms. The Morgan fingerprint density at radius 3 is 2.94 bits per heavy atom. The quantitative estimate of drug-likeness (QED) is 0.867. The van der Waals surface area contributed by atoms with Crippen LogP contribution in [-0.2, 0) is 6.54 Å². The summed E-state index contributed by atoms with van der Waals surface area (Å²) in [7, 11) is 0. The predicted octanol–water partition coefficient (Wildman–Crippen LogP) is 2.71. The molecular weight excluding hydrogens is 273 g/mol. The van der Waals surface area contributed by atoms with Crippen molar-refractivity contribution in [2.75, 3.05) is 5.75 Å². The van der Waals surface area contributed by atoms with Crippen LogP contribution in [0.25, 0.3) is 10.2 Å². The van der Waals surface area contributed by atoms with Gasteiger partial charge in [-0.1, -0.05) is 0 Å². The van der Waals surface area contributed by atoms with Crippen LogP contribution in [0.5, 0.6) is 0 Å². The van der Waals surface area contributed by atoms with E-state index in [9.17, 15) is 18.0 Å². The second-order valence-electron chi connectivity index (χ2n) is 3.17. The Morgan fingerprint density at radius 1 is 1.47 bits per heavy atom. The van der Waals surface area contributed by atoms with Crippen molar-refractivity contribution in [3.63, 3.8) is 0 Å². The minimum absolute atomic E-state index is 0.00382. The zero-order valence-electron chi connectivity index (χ0n) is 8.40. The lowest BCUT2D eigenvalue weighted by Gasteiger charge is -2.06. The summed E-state index contributed by atoms with van der Waals surface area (Å²) < 4.78 is 37.5. The molecule has 2 aromatic heterocycles. The van der Waals surface area contributed by atoms with Crippen molar-refractivity contribution in [2.45, 2.75) is 12.1 Å². The molecule has 3 nitrogen and oxygen atoms in total. The smallest absolute Gasteiger partial charge is 0.297 e. The SMILES string of the molecule is O=c1c2sccc2ncn1CCSC(F)(F)F. The van der Waals surface area contributed by atoms with Crippen molar-refractivity contribution >= 4 is 33.3 Å². The number of thiophene rings is 1. The van der Waals surface area contributed by atoms with Crippen LogP contribution in [0, 0.1) is 0 Å². The highest BCUT2D eigenvalue weighted by Crippen LogP contribution is 2.29. The number of fused-ring (bicyclic) bond motifs is 1. The summed E-state index contributed by atoms with van der Waals surface area (Å²) in [6.45, 7) is 0.00382. The first-order valence-corrected chi connectivity index (χ1v) is 6.47. The van der Waals surface area contributed by atoms with E-state index < -0.39 is 5.51 Å². The number of nitrogens with zero attached hydrogens (tertiary/aromatic N) is 2. The van der Waals surface area contributed by atoms with Gasteiger partial charge in [-0.25, -0.2) is 4.98 Å². The van der Waals surface area contributed by atoms with Gasteiger partial charge in [0.2, 0.25) is 0 Å². The molecule has 0 amide bonds. The zero-order valence-corrected chi connectivity index (χ0v) is 10.0. The van der Waals surface area contributed by atoms with Gasteiger partial charge in [0.15, 0.2) is 0 Å². The molecule has 0 fully saturated rings. The van der Waals surface area contributed by atoms with Crippen molar-refractivity contribution in [1.29, 1.82) is 0 Å². The fourth-order valence-corrected chi connectivity index (χ4v) is 2.61. The second kappa shape index (κ2) is 4.69. The van der Waals surface area contributed by atoms with Crippen LogP contribution in [0.15, 0.2) is 22.6 Å². The highest BCUT2D eigenvalue weighted by Gasteiger charge is 2.27. The number of hydrogen-bond acceptors (Lipinski definition) is 4. The lowest BCUT2D eigenvalue weighted by Crippen LogP contribution is -2.21. The van der Waals surface area contributed by atoms with Crippen LogP contribution in [0.3, 0.4) is 0 Å². The van der Waals surface area contributed by atoms with E-state index >= 15 is 0 Å². The summed E-state index contributed by atoms with van der Waals surface area (Å²) in [6, 6.07) is 1.70. The van der Waals surface area contributed by atoms with E-state index in [4.69, 9.17) is 0 Å². The molecule has 0 N–H and O–H groups in total. The monoisotopic (exact) mass is 280 g/mol. The van der Waals surface area contributed by atoms with Crippen molar-refractivity contribution in [3.05, 3.63) is 28.1 Å². The van der Waals surface area contributed by atoms with Crippen molar-refractivity contribution in [2.24, 2.45) is 0 Å². The standard InChI is InChI=1S/C9H7F3N2OS2/c10-9(11,12)17-4-2-14-5-13-6-1-3-16-7(6)8(14)15/h1,3,5H,2,4H2. The van der Waals surface area contributed by atoms with Gasteiger partial charge in [-0.2, -0.15) is 13.2 Å². The van der Waals surface area contributed by atoms with Crippen molar-refractivity contribution in [3.8, 4) is 0 Å². The topological polar surface area (TPSA) is 34.9 Å². The Balaban J connectivity index is 2.14. The van der Waals surface area contributed by atoms with E-state index in [0.717, 1.165) is 0 Å². The average molecular weight is 280 g/mol. The number of hydrogen-bond donors (Lipinski definition) is 0. The molecule has 0 saturated carbocycles. The lowest BCUT2D eigenvalue weighted by molar-refractivity contribution is -0.0328. The highest BCUT2D eigenvalue weighted by atomic mass is 32.2. The maximum Gasteiger partial charge on any atom is 0.441 e. The van der Waals surface area contributed by atoms with Gasteiger partial charge < -0.3 is 0 Å². The Bertz CT molecular complexity index is 575. The molecule has 0 aromatic carbocycles. The van der Waals surface area contributed by atoms with E-state index in [1.807, 2.05) is 0 Å². The second-order valence-corrected chi connectivity index (χ2v) is 5.25. The van der Waals surface area contributed by atoms with Gasteiger partial charge in [0.1, 0.15) is 4.70 Å². The van der Waals surface area contributed by atoms with Crippen LogP contribution in [0.1, 0.15) is 0 Å². The van der Waals surface area contributed by atoms with Gasteiger partial charge in [0.25, 0.3) is 5.56 Å². The van der Waals surface area contributed by atoms with Gasteiger partial charge in [-0.15, -0.1) is 11.3 Å². The molecule has 2 aromatic rings. The summed E-state index contributed by atoms with van der Waals surface area (Å²) in [6.07, 6.45) is 1.29. The summed E-state index contributed by atoms with van der Waals surface area (Å²) in [5.41, 5.74) is -3.96. The number of thioether (sulfide) groups is 1. The molecule has 2 rings (SSSR count). The largest absolute Gasteiger partial charge is 0.441 e. The van der Waals surface area contributed by atoms with E-state index in [0.29, 0.717) is 10.2 Å². The molecule has 0 unspecified atom stereocenters. The fourth-order valence-electron chi connectivity index (χ4n) is 1.30. The Kier molecular flexibility index (Phi) is 3.43. The Morgan fingerprint density at radius 2 is 2.24 bits per heavy atom. The lowest BCUT2D eigenvalue weighted by atomic mass is 10.5. The van der Waals surface area contributed by atoms with Crippen molar-refractivity contribution < 1.29 is 13.2 Å². The third-order valence-corrected chi connectivity index (χ3v) is 3.64. The van der Waals surface area contributed by atoms with E-state index in [-0.39, 0.29) is 29.6 Å². The summed E-state index contributed by atoms with van der Waals surface area (Å²) in [4.78, 5) is 15.8. The highest BCUT2D eigenvalue weighted by molar-refractivity contribution is 8.00. The first kappa shape index (κ1) is 12.4. The van der Waals surface area contributed by atoms with E-state index in [1.165, 1.54) is 22.2 Å². The van der Waals surface area contributed by atoms with Gasteiger partial charge in [0, 0.05) is 12.3 Å². The summed E-state index contributed by atoms with van der Waals surface area (Å²) in [5.74, 6) is -0.192. The van der Waals surface area contributed by atoms with Gasteiger partial charge >= 0.3 is 5.51 Å². The molecule has 0 aliphatic heterocycles. The van der Waals surface area contributed by atoms with Crippen LogP contribution in [0.4, 0.5) is 13.2 Å². The number of halogens is 3. The van der Waals surface area contributed by atoms with Crippen molar-refractivity contribution in [1.82, 2.24) is 9.55 Å². The molecule has 0 saturated heterocycles. The van der Waals surface area contributed by atoms with E-state index in [1.54, 1.807) is 11.4 Å².